The number of carbonyl (C=O) groups is 4. The van der Waals surface area contributed by atoms with E-state index in [2.05, 4.69) is 0 Å². The van der Waals surface area contributed by atoms with Crippen molar-refractivity contribution in [1.82, 2.24) is 9.80 Å². The molecule has 1 fully saturated rings. The van der Waals surface area contributed by atoms with Gasteiger partial charge in [0.15, 0.2) is 0 Å². The second-order valence-electron chi connectivity index (χ2n) is 8.01. The Hall–Kier alpha value is -3.22. The smallest absolute Gasteiger partial charge is 0.310 e. The van der Waals surface area contributed by atoms with Crippen LogP contribution < -0.4 is 0 Å². The van der Waals surface area contributed by atoms with E-state index >= 15 is 0 Å². The molecule has 31 heavy (non-hydrogen) atoms. The first-order valence-electron chi connectivity index (χ1n) is 10.8. The summed E-state index contributed by atoms with van der Waals surface area (Å²) >= 11 is 0. The van der Waals surface area contributed by atoms with Gasteiger partial charge in [-0.3, -0.25) is 24.1 Å². The highest BCUT2D eigenvalue weighted by Gasteiger charge is 2.33. The number of amides is 3. The number of imide groups is 1. The minimum Gasteiger partial charge on any atom is -0.466 e. The maximum Gasteiger partial charge on any atom is 0.310 e. The lowest BCUT2D eigenvalue weighted by Crippen LogP contribution is -2.43. The fraction of sp³-hybridized carbons (Fsp3) is 0.417. The molecule has 3 amide bonds. The highest BCUT2D eigenvalue weighted by atomic mass is 16.5. The second-order valence-corrected chi connectivity index (χ2v) is 8.01. The molecule has 4 rings (SSSR count). The zero-order chi connectivity index (χ0) is 22.0. The third-order valence-electron chi connectivity index (χ3n) is 6.02. The van der Waals surface area contributed by atoms with Gasteiger partial charge in [-0.2, -0.15) is 0 Å². The number of piperidine rings is 1. The summed E-state index contributed by atoms with van der Waals surface area (Å²) in [4.78, 5) is 53.5. The molecule has 0 radical (unpaired) electrons. The van der Waals surface area contributed by atoms with Crippen molar-refractivity contribution in [2.45, 2.75) is 32.6 Å². The van der Waals surface area contributed by atoms with Crippen LogP contribution in [0.3, 0.4) is 0 Å². The molecule has 2 aliphatic heterocycles. The molecule has 7 nitrogen and oxygen atoms in total. The fourth-order valence-corrected chi connectivity index (χ4v) is 4.49. The van der Waals surface area contributed by atoms with Crippen molar-refractivity contribution in [2.24, 2.45) is 5.92 Å². The molecule has 2 aliphatic rings. The van der Waals surface area contributed by atoms with E-state index in [1.165, 1.54) is 4.90 Å². The number of benzene rings is 2. The number of esters is 1. The number of ether oxygens (including phenoxy) is 1. The van der Waals surface area contributed by atoms with E-state index in [9.17, 15) is 19.2 Å². The van der Waals surface area contributed by atoms with E-state index in [-0.39, 0.29) is 42.6 Å². The Bertz CT molecular complexity index is 997. The zero-order valence-corrected chi connectivity index (χ0v) is 17.6. The molecular formula is C24H26N2O5. The Labute approximate surface area is 180 Å². The van der Waals surface area contributed by atoms with Gasteiger partial charge in [0.25, 0.3) is 11.8 Å². The summed E-state index contributed by atoms with van der Waals surface area (Å²) < 4.78 is 5.09. The average Bonchev–Trinajstić information content (AvgIpc) is 2.79. The highest BCUT2D eigenvalue weighted by molar-refractivity contribution is 6.25. The summed E-state index contributed by atoms with van der Waals surface area (Å²) in [6, 6.07) is 10.9. The normalized spacial score (nSPS) is 18.4. The summed E-state index contributed by atoms with van der Waals surface area (Å²) in [5.41, 5.74) is 1.04. The van der Waals surface area contributed by atoms with Crippen LogP contribution in [0.2, 0.25) is 0 Å². The fourth-order valence-electron chi connectivity index (χ4n) is 4.49. The molecule has 0 unspecified atom stereocenters. The number of hydrogen-bond acceptors (Lipinski definition) is 5. The number of rotatable bonds is 6. The van der Waals surface area contributed by atoms with E-state index in [0.29, 0.717) is 42.6 Å². The summed E-state index contributed by atoms with van der Waals surface area (Å²) in [5.74, 6) is -1.23. The van der Waals surface area contributed by atoms with E-state index < -0.39 is 0 Å². The SMILES string of the molecule is CCOC(=O)[C@H]1CCCN(C(=O)CCCN2C(=O)c3cccc4cccc(c34)C2=O)C1. The first-order valence-corrected chi connectivity index (χ1v) is 10.8. The van der Waals surface area contributed by atoms with Gasteiger partial charge in [0.05, 0.1) is 12.5 Å². The van der Waals surface area contributed by atoms with Crippen LogP contribution in [0.15, 0.2) is 36.4 Å². The third-order valence-corrected chi connectivity index (χ3v) is 6.02. The minimum absolute atomic E-state index is 0.0617. The number of carbonyl (C=O) groups excluding carboxylic acids is 4. The molecular weight excluding hydrogens is 396 g/mol. The number of hydrogen-bond donors (Lipinski definition) is 0. The average molecular weight is 422 g/mol. The number of nitrogens with zero attached hydrogens (tertiary/aromatic N) is 2. The molecule has 162 valence electrons. The summed E-state index contributed by atoms with van der Waals surface area (Å²) in [6.07, 6.45) is 2.09. The Kier molecular flexibility index (Phi) is 6.02. The van der Waals surface area contributed by atoms with Gasteiger partial charge in [-0.25, -0.2) is 0 Å². The topological polar surface area (TPSA) is 84.0 Å². The van der Waals surface area contributed by atoms with Gasteiger partial charge in [0.2, 0.25) is 5.91 Å². The van der Waals surface area contributed by atoms with Crippen LogP contribution in [-0.2, 0) is 14.3 Å². The standard InChI is InChI=1S/C24H26N2O5/c1-2-31-24(30)17-9-5-13-25(15-17)20(27)12-6-14-26-22(28)18-10-3-7-16-8-4-11-19(21(16)18)23(26)29/h3-4,7-8,10-11,17H,2,5-6,9,12-15H2,1H3/t17-/m0/s1. The molecule has 2 aromatic rings. The maximum atomic E-state index is 12.9. The van der Waals surface area contributed by atoms with Crippen LogP contribution >= 0.6 is 0 Å². The summed E-state index contributed by atoms with van der Waals surface area (Å²) in [6.45, 7) is 3.27. The third kappa shape index (κ3) is 4.04. The molecule has 1 atom stereocenters. The zero-order valence-electron chi connectivity index (χ0n) is 17.6. The van der Waals surface area contributed by atoms with Crippen molar-refractivity contribution in [3.05, 3.63) is 47.5 Å². The van der Waals surface area contributed by atoms with Gasteiger partial charge in [-0.05, 0) is 43.7 Å². The van der Waals surface area contributed by atoms with Crippen molar-refractivity contribution < 1.29 is 23.9 Å². The van der Waals surface area contributed by atoms with Crippen LogP contribution in [0.4, 0.5) is 0 Å². The van der Waals surface area contributed by atoms with Crippen molar-refractivity contribution in [2.75, 3.05) is 26.2 Å². The van der Waals surface area contributed by atoms with Gasteiger partial charge in [0.1, 0.15) is 0 Å². The minimum atomic E-state index is -0.318. The van der Waals surface area contributed by atoms with Gasteiger partial charge < -0.3 is 9.64 Å². The molecule has 0 aromatic heterocycles. The molecule has 7 heteroatoms. The largest absolute Gasteiger partial charge is 0.466 e. The van der Waals surface area contributed by atoms with Crippen LogP contribution in [0.5, 0.6) is 0 Å². The van der Waals surface area contributed by atoms with Crippen LogP contribution in [0, 0.1) is 5.92 Å². The van der Waals surface area contributed by atoms with Gasteiger partial charge in [-0.1, -0.05) is 24.3 Å². The molecule has 0 bridgehead atoms. The van der Waals surface area contributed by atoms with Crippen molar-refractivity contribution in [3.63, 3.8) is 0 Å². The van der Waals surface area contributed by atoms with Crippen LogP contribution in [-0.4, -0.2) is 59.7 Å². The quantitative estimate of drug-likeness (QED) is 0.528. The number of likely N-dealkylation sites (tertiary alicyclic amines) is 1. The molecule has 0 saturated carbocycles. The lowest BCUT2D eigenvalue weighted by Gasteiger charge is -2.32. The van der Waals surface area contributed by atoms with E-state index in [1.807, 2.05) is 24.3 Å². The van der Waals surface area contributed by atoms with Gasteiger partial charge in [-0.15, -0.1) is 0 Å². The highest BCUT2D eigenvalue weighted by Crippen LogP contribution is 2.30. The Morgan fingerprint density at radius 1 is 1.06 bits per heavy atom. The van der Waals surface area contributed by atoms with E-state index in [1.54, 1.807) is 24.0 Å². The van der Waals surface area contributed by atoms with Crippen LogP contribution in [0.25, 0.3) is 10.8 Å². The van der Waals surface area contributed by atoms with E-state index in [0.717, 1.165) is 18.2 Å². The van der Waals surface area contributed by atoms with Crippen molar-refractivity contribution in [1.29, 1.82) is 0 Å². The first-order chi connectivity index (χ1) is 15.0. The first kappa shape index (κ1) is 21.0. The summed E-state index contributed by atoms with van der Waals surface area (Å²) in [5, 5.41) is 1.57. The Morgan fingerprint density at radius 3 is 2.39 bits per heavy atom. The lowest BCUT2D eigenvalue weighted by atomic mass is 9.94. The molecule has 2 aromatic carbocycles. The molecule has 0 N–H and O–H groups in total. The van der Waals surface area contributed by atoms with Gasteiger partial charge >= 0.3 is 5.97 Å². The summed E-state index contributed by atoms with van der Waals surface area (Å²) in [7, 11) is 0. The van der Waals surface area contributed by atoms with Crippen molar-refractivity contribution in [3.8, 4) is 0 Å². The second kappa shape index (κ2) is 8.88. The molecule has 1 saturated heterocycles. The van der Waals surface area contributed by atoms with Gasteiger partial charge in [0, 0.05) is 42.6 Å². The lowest BCUT2D eigenvalue weighted by molar-refractivity contribution is -0.151. The molecule has 2 heterocycles. The molecule has 0 aliphatic carbocycles. The Morgan fingerprint density at radius 2 is 1.74 bits per heavy atom. The maximum absolute atomic E-state index is 12.9. The predicted molar refractivity (Wildman–Crippen MR) is 114 cm³/mol. The Balaban J connectivity index is 1.38. The predicted octanol–water partition coefficient (Wildman–Crippen LogP) is 3.02. The molecule has 0 spiro atoms. The monoisotopic (exact) mass is 422 g/mol. The van der Waals surface area contributed by atoms with Crippen molar-refractivity contribution >= 4 is 34.5 Å². The van der Waals surface area contributed by atoms with Crippen LogP contribution in [0.1, 0.15) is 53.3 Å². The van der Waals surface area contributed by atoms with E-state index in [4.69, 9.17) is 4.74 Å².